The molecule has 1 amide bonds. The van der Waals surface area contributed by atoms with Crippen molar-refractivity contribution < 1.29 is 19.1 Å². The normalized spacial score (nSPS) is 25.6. The van der Waals surface area contributed by atoms with Crippen LogP contribution in [0.5, 0.6) is 0 Å². The molecular formula is C26H39N5O4. The topological polar surface area (TPSA) is 99.8 Å². The van der Waals surface area contributed by atoms with Crippen LogP contribution in [-0.4, -0.2) is 85.8 Å². The summed E-state index contributed by atoms with van der Waals surface area (Å²) in [4.78, 5) is 37.9. The second-order valence-corrected chi connectivity index (χ2v) is 10.4. The van der Waals surface area contributed by atoms with Crippen LogP contribution in [0.15, 0.2) is 12.1 Å². The van der Waals surface area contributed by atoms with Crippen molar-refractivity contribution in [2.45, 2.75) is 58.5 Å². The Kier molecular flexibility index (Phi) is 7.66. The van der Waals surface area contributed by atoms with Crippen LogP contribution in [0.3, 0.4) is 0 Å². The molecule has 2 fully saturated rings. The fraction of sp³-hybridized carbons (Fsp3) is 0.654. The standard InChI is InChI=1S/C26H39N5O4/c1-17-14-20-21(15-22(17)31-11-10-30(12-13-34-4)16-18(31)2)29-24(28-20)23(32)26(3)8-6-19(7-9-26)27-25(33)35-5/h14-15,18-19H,6-13,16H2,1-5H3,(H,27,33)(H,28,29). The Balaban J connectivity index is 1.48. The number of ether oxygens (including phenoxy) is 2. The van der Waals surface area contributed by atoms with Gasteiger partial charge in [-0.05, 0) is 57.2 Å². The third-order valence-electron chi connectivity index (χ3n) is 7.79. The van der Waals surface area contributed by atoms with Gasteiger partial charge in [0.2, 0.25) is 5.78 Å². The van der Waals surface area contributed by atoms with Gasteiger partial charge >= 0.3 is 6.09 Å². The lowest BCUT2D eigenvalue weighted by molar-refractivity contribution is 0.0715. The van der Waals surface area contributed by atoms with Crippen LogP contribution in [0.2, 0.25) is 0 Å². The summed E-state index contributed by atoms with van der Waals surface area (Å²) in [6.45, 7) is 11.0. The molecule has 1 saturated heterocycles. The number of imidazole rings is 1. The van der Waals surface area contributed by atoms with E-state index < -0.39 is 11.5 Å². The Morgan fingerprint density at radius 3 is 2.63 bits per heavy atom. The lowest BCUT2D eigenvalue weighted by Gasteiger charge is -2.41. The third kappa shape index (κ3) is 5.46. The van der Waals surface area contributed by atoms with Crippen molar-refractivity contribution in [2.75, 3.05) is 51.9 Å². The number of hydrogen-bond donors (Lipinski definition) is 2. The van der Waals surface area contributed by atoms with Gasteiger partial charge < -0.3 is 24.7 Å². The van der Waals surface area contributed by atoms with Gasteiger partial charge in [0.1, 0.15) is 0 Å². The number of aryl methyl sites for hydroxylation is 1. The molecule has 0 spiro atoms. The number of carbonyl (C=O) groups excluding carboxylic acids is 2. The van der Waals surface area contributed by atoms with E-state index in [0.29, 0.717) is 24.7 Å². The number of fused-ring (bicyclic) bond motifs is 1. The van der Waals surface area contributed by atoms with Crippen molar-refractivity contribution in [3.63, 3.8) is 0 Å². The van der Waals surface area contributed by atoms with Gasteiger partial charge in [0.15, 0.2) is 5.82 Å². The number of piperazine rings is 1. The lowest BCUT2D eigenvalue weighted by atomic mass is 9.71. The first kappa shape index (κ1) is 25.4. The zero-order valence-corrected chi connectivity index (χ0v) is 21.6. The number of aromatic amines is 1. The van der Waals surface area contributed by atoms with Gasteiger partial charge in [-0.15, -0.1) is 0 Å². The number of alkyl carbamates (subject to hydrolysis) is 1. The quantitative estimate of drug-likeness (QED) is 0.579. The van der Waals surface area contributed by atoms with Gasteiger partial charge in [-0.1, -0.05) is 6.92 Å². The number of rotatable bonds is 7. The van der Waals surface area contributed by atoms with E-state index in [0.717, 1.165) is 56.7 Å². The van der Waals surface area contributed by atoms with Crippen LogP contribution >= 0.6 is 0 Å². The van der Waals surface area contributed by atoms with E-state index in [2.05, 4.69) is 46.1 Å². The van der Waals surface area contributed by atoms with Gasteiger partial charge in [0.05, 0.1) is 24.8 Å². The monoisotopic (exact) mass is 485 g/mol. The number of aromatic nitrogens is 2. The van der Waals surface area contributed by atoms with Crippen LogP contribution in [0.1, 0.15) is 55.7 Å². The van der Waals surface area contributed by atoms with Crippen molar-refractivity contribution >= 4 is 28.6 Å². The Bertz CT molecular complexity index is 1060. The van der Waals surface area contributed by atoms with Crippen molar-refractivity contribution in [2.24, 2.45) is 5.41 Å². The molecule has 9 nitrogen and oxygen atoms in total. The molecule has 1 aromatic heterocycles. The predicted molar refractivity (Wildman–Crippen MR) is 136 cm³/mol. The number of Topliss-reactive ketones (excluding diaryl/α,β-unsaturated/α-hetero) is 1. The number of ketones is 1. The number of amides is 1. The fourth-order valence-corrected chi connectivity index (χ4v) is 5.52. The molecule has 1 atom stereocenters. The molecule has 35 heavy (non-hydrogen) atoms. The summed E-state index contributed by atoms with van der Waals surface area (Å²) in [6, 6.07) is 4.65. The molecule has 1 aliphatic carbocycles. The maximum absolute atomic E-state index is 13.5. The molecule has 1 unspecified atom stereocenters. The van der Waals surface area contributed by atoms with E-state index in [4.69, 9.17) is 14.5 Å². The first-order valence-corrected chi connectivity index (χ1v) is 12.6. The summed E-state index contributed by atoms with van der Waals surface area (Å²) >= 11 is 0. The third-order valence-corrected chi connectivity index (χ3v) is 7.79. The van der Waals surface area contributed by atoms with Gasteiger partial charge in [-0.3, -0.25) is 9.69 Å². The molecule has 2 aromatic rings. The number of benzene rings is 1. The molecule has 2 N–H and O–H groups in total. The van der Waals surface area contributed by atoms with Gasteiger partial charge in [-0.25, -0.2) is 9.78 Å². The molecule has 192 valence electrons. The number of methoxy groups -OCH3 is 2. The average Bonchev–Trinajstić information content (AvgIpc) is 3.26. The second kappa shape index (κ2) is 10.5. The van der Waals surface area contributed by atoms with Gasteiger partial charge in [-0.2, -0.15) is 0 Å². The fourth-order valence-electron chi connectivity index (χ4n) is 5.52. The van der Waals surface area contributed by atoms with Crippen molar-refractivity contribution in [3.8, 4) is 0 Å². The van der Waals surface area contributed by atoms with Gasteiger partial charge in [0.25, 0.3) is 0 Å². The molecule has 0 radical (unpaired) electrons. The van der Waals surface area contributed by atoms with Crippen LogP contribution in [-0.2, 0) is 9.47 Å². The van der Waals surface area contributed by atoms with Crippen LogP contribution in [0.25, 0.3) is 11.0 Å². The summed E-state index contributed by atoms with van der Waals surface area (Å²) in [5.41, 5.74) is 3.59. The number of nitrogens with one attached hydrogen (secondary N) is 2. The lowest BCUT2D eigenvalue weighted by Crippen LogP contribution is -2.52. The Morgan fingerprint density at radius 2 is 1.97 bits per heavy atom. The highest BCUT2D eigenvalue weighted by atomic mass is 16.5. The van der Waals surface area contributed by atoms with E-state index in [-0.39, 0.29) is 11.8 Å². The summed E-state index contributed by atoms with van der Waals surface area (Å²) in [7, 11) is 3.11. The molecular weight excluding hydrogens is 446 g/mol. The zero-order chi connectivity index (χ0) is 25.2. The van der Waals surface area contributed by atoms with Gasteiger partial charge in [0, 0.05) is 56.5 Å². The number of carbonyl (C=O) groups is 2. The highest BCUT2D eigenvalue weighted by molar-refractivity contribution is 6.00. The highest BCUT2D eigenvalue weighted by Gasteiger charge is 2.40. The smallest absolute Gasteiger partial charge is 0.407 e. The minimum atomic E-state index is -0.493. The summed E-state index contributed by atoms with van der Waals surface area (Å²) in [5.74, 6) is 0.473. The van der Waals surface area contributed by atoms with Crippen molar-refractivity contribution in [3.05, 3.63) is 23.5 Å². The van der Waals surface area contributed by atoms with Crippen LogP contribution in [0, 0.1) is 12.3 Å². The molecule has 9 heteroatoms. The first-order valence-electron chi connectivity index (χ1n) is 12.6. The Morgan fingerprint density at radius 1 is 1.23 bits per heavy atom. The largest absolute Gasteiger partial charge is 0.453 e. The molecule has 1 saturated carbocycles. The number of anilines is 1. The summed E-state index contributed by atoms with van der Waals surface area (Å²) in [5, 5.41) is 2.86. The highest BCUT2D eigenvalue weighted by Crippen LogP contribution is 2.39. The SMILES string of the molecule is COCCN1CCN(c2cc3nc(C(=O)C4(C)CCC(NC(=O)OC)CC4)[nH]c3cc2C)C(C)C1. The van der Waals surface area contributed by atoms with E-state index >= 15 is 0 Å². The van der Waals surface area contributed by atoms with E-state index in [1.54, 1.807) is 7.11 Å². The Labute approximate surface area is 207 Å². The maximum atomic E-state index is 13.5. The average molecular weight is 486 g/mol. The predicted octanol–water partition coefficient (Wildman–Crippen LogP) is 3.52. The van der Waals surface area contributed by atoms with Crippen molar-refractivity contribution in [1.82, 2.24) is 20.2 Å². The molecule has 2 aliphatic rings. The maximum Gasteiger partial charge on any atom is 0.407 e. The zero-order valence-electron chi connectivity index (χ0n) is 21.6. The van der Waals surface area contributed by atoms with E-state index in [9.17, 15) is 9.59 Å². The summed E-state index contributed by atoms with van der Waals surface area (Å²) < 4.78 is 9.94. The van der Waals surface area contributed by atoms with Crippen LogP contribution in [0.4, 0.5) is 10.5 Å². The Hall–Kier alpha value is -2.65. The summed E-state index contributed by atoms with van der Waals surface area (Å²) in [6.07, 6.45) is 2.47. The van der Waals surface area contributed by atoms with Crippen LogP contribution < -0.4 is 10.2 Å². The molecule has 2 heterocycles. The molecule has 4 rings (SSSR count). The number of nitrogens with zero attached hydrogens (tertiary/aromatic N) is 3. The number of hydrogen-bond acceptors (Lipinski definition) is 7. The minimum absolute atomic E-state index is 0.0427. The second-order valence-electron chi connectivity index (χ2n) is 10.4. The molecule has 1 aliphatic heterocycles. The van der Waals surface area contributed by atoms with E-state index in [1.165, 1.54) is 18.4 Å². The first-order chi connectivity index (χ1) is 16.7. The minimum Gasteiger partial charge on any atom is -0.453 e. The number of H-pyrrole nitrogens is 1. The van der Waals surface area contributed by atoms with Crippen molar-refractivity contribution in [1.29, 1.82) is 0 Å². The van der Waals surface area contributed by atoms with E-state index in [1.807, 2.05) is 6.92 Å². The molecule has 0 bridgehead atoms. The molecule has 1 aromatic carbocycles.